The smallest absolute Gasteiger partial charge is 0.201 e. The summed E-state index contributed by atoms with van der Waals surface area (Å²) in [5.74, 6) is -2.58. The van der Waals surface area contributed by atoms with Gasteiger partial charge in [-0.3, -0.25) is 0 Å². The van der Waals surface area contributed by atoms with Crippen LogP contribution in [0, 0.1) is 17.5 Å². The van der Waals surface area contributed by atoms with Crippen LogP contribution < -0.4 is 9.47 Å². The first-order valence-corrected chi connectivity index (χ1v) is 9.67. The normalized spacial score (nSPS) is 11.4. The molecular formula is C20H21F3O2S. The van der Waals surface area contributed by atoms with Gasteiger partial charge < -0.3 is 9.47 Å². The van der Waals surface area contributed by atoms with Crippen LogP contribution in [0.4, 0.5) is 13.2 Å². The fraction of sp³-hybridized carbons (Fsp3) is 0.400. The Balaban J connectivity index is 2.02. The zero-order valence-corrected chi connectivity index (χ0v) is 15.6. The van der Waals surface area contributed by atoms with E-state index in [1.165, 1.54) is 23.5 Å². The molecule has 1 heterocycles. The average Bonchev–Trinajstić information content (AvgIpc) is 2.97. The fourth-order valence-electron chi connectivity index (χ4n) is 2.81. The van der Waals surface area contributed by atoms with Crippen molar-refractivity contribution in [3.05, 3.63) is 35.7 Å². The van der Waals surface area contributed by atoms with Gasteiger partial charge in [-0.05, 0) is 18.9 Å². The number of ether oxygens (including phenoxy) is 2. The first-order valence-electron chi connectivity index (χ1n) is 8.86. The molecule has 0 saturated carbocycles. The van der Waals surface area contributed by atoms with Gasteiger partial charge >= 0.3 is 0 Å². The van der Waals surface area contributed by atoms with Crippen LogP contribution >= 0.6 is 11.3 Å². The quantitative estimate of drug-likeness (QED) is 0.398. The third kappa shape index (κ3) is 3.61. The van der Waals surface area contributed by atoms with Gasteiger partial charge in [0.15, 0.2) is 23.1 Å². The molecule has 0 saturated heterocycles. The minimum absolute atomic E-state index is 0.0859. The fourth-order valence-corrected chi connectivity index (χ4v) is 3.95. The van der Waals surface area contributed by atoms with E-state index in [1.54, 1.807) is 6.07 Å². The van der Waals surface area contributed by atoms with Crippen molar-refractivity contribution in [3.63, 3.8) is 0 Å². The summed E-state index contributed by atoms with van der Waals surface area (Å²) < 4.78 is 55.2. The first kappa shape index (κ1) is 18.8. The monoisotopic (exact) mass is 382 g/mol. The molecule has 26 heavy (non-hydrogen) atoms. The predicted octanol–water partition coefficient (Wildman–Crippen LogP) is 6.83. The van der Waals surface area contributed by atoms with E-state index >= 15 is 0 Å². The Hall–Kier alpha value is -1.95. The van der Waals surface area contributed by atoms with E-state index in [2.05, 4.69) is 6.92 Å². The van der Waals surface area contributed by atoms with Crippen LogP contribution in [0.2, 0.25) is 0 Å². The summed E-state index contributed by atoms with van der Waals surface area (Å²) >= 11 is 1.27. The van der Waals surface area contributed by atoms with Gasteiger partial charge in [0, 0.05) is 32.3 Å². The third-order valence-corrected chi connectivity index (χ3v) is 5.23. The lowest BCUT2D eigenvalue weighted by Gasteiger charge is -2.08. The Kier molecular flexibility index (Phi) is 5.91. The predicted molar refractivity (Wildman–Crippen MR) is 100 cm³/mol. The van der Waals surface area contributed by atoms with Crippen LogP contribution in [0.1, 0.15) is 39.5 Å². The van der Waals surface area contributed by atoms with Crippen LogP contribution in [-0.2, 0) is 0 Å². The number of halogens is 3. The number of hydrogen-bond donors (Lipinski definition) is 0. The molecule has 2 nitrogen and oxygen atoms in total. The number of thiophene rings is 1. The van der Waals surface area contributed by atoms with Gasteiger partial charge in [0.05, 0.1) is 13.2 Å². The lowest BCUT2D eigenvalue weighted by molar-refractivity contribution is 0.292. The molecule has 140 valence electrons. The summed E-state index contributed by atoms with van der Waals surface area (Å²) in [5, 5.41) is 0.435. The van der Waals surface area contributed by atoms with Crippen LogP contribution in [-0.4, -0.2) is 13.2 Å². The van der Waals surface area contributed by atoms with E-state index in [1.807, 2.05) is 6.92 Å². The highest BCUT2D eigenvalue weighted by molar-refractivity contribution is 7.25. The summed E-state index contributed by atoms with van der Waals surface area (Å²) in [5.41, 5.74) is 0. The second kappa shape index (κ2) is 8.16. The lowest BCUT2D eigenvalue weighted by atomic mass is 10.1. The number of benzene rings is 2. The molecule has 0 radical (unpaired) electrons. The van der Waals surface area contributed by atoms with Crippen molar-refractivity contribution in [2.75, 3.05) is 13.2 Å². The average molecular weight is 382 g/mol. The van der Waals surface area contributed by atoms with Crippen molar-refractivity contribution < 1.29 is 22.6 Å². The van der Waals surface area contributed by atoms with Gasteiger partial charge in [-0.15, -0.1) is 11.3 Å². The molecule has 0 aliphatic rings. The van der Waals surface area contributed by atoms with Crippen molar-refractivity contribution in [2.45, 2.75) is 39.5 Å². The molecule has 0 fully saturated rings. The molecule has 6 heteroatoms. The van der Waals surface area contributed by atoms with Gasteiger partial charge in [0.2, 0.25) is 5.82 Å². The molecule has 3 aromatic rings. The standard InChI is InChI=1S/C20H21F3O2S/c1-3-5-6-8-25-14-10-16-12(9-13(14)21)18-17(26-16)11-15(24-7-4-2)19(22)20(18)23/h9-11H,3-8H2,1-2H3. The Morgan fingerprint density at radius 1 is 0.808 bits per heavy atom. The molecule has 2 aromatic carbocycles. The van der Waals surface area contributed by atoms with E-state index in [0.29, 0.717) is 34.4 Å². The van der Waals surface area contributed by atoms with Crippen molar-refractivity contribution in [2.24, 2.45) is 0 Å². The van der Waals surface area contributed by atoms with Crippen LogP contribution in [0.15, 0.2) is 18.2 Å². The molecule has 0 unspecified atom stereocenters. The molecule has 0 N–H and O–H groups in total. The summed E-state index contributed by atoms with van der Waals surface area (Å²) in [7, 11) is 0. The Labute approximate surface area is 154 Å². The highest BCUT2D eigenvalue weighted by Gasteiger charge is 2.20. The van der Waals surface area contributed by atoms with Crippen LogP contribution in [0.25, 0.3) is 20.2 Å². The van der Waals surface area contributed by atoms with Crippen LogP contribution in [0.3, 0.4) is 0 Å². The maximum Gasteiger partial charge on any atom is 0.201 e. The van der Waals surface area contributed by atoms with E-state index in [4.69, 9.17) is 9.47 Å². The van der Waals surface area contributed by atoms with Gasteiger partial charge in [-0.25, -0.2) is 8.78 Å². The number of fused-ring (bicyclic) bond motifs is 3. The Morgan fingerprint density at radius 3 is 2.27 bits per heavy atom. The SMILES string of the molecule is CCCCCOc1cc2sc3cc(OCCC)c(F)c(F)c3c2cc1F. The zero-order valence-electron chi connectivity index (χ0n) is 14.8. The summed E-state index contributed by atoms with van der Waals surface area (Å²) in [6, 6.07) is 4.26. The van der Waals surface area contributed by atoms with Gasteiger partial charge in [0.1, 0.15) is 0 Å². The Bertz CT molecular complexity index is 921. The number of rotatable bonds is 8. The Morgan fingerprint density at radius 2 is 1.54 bits per heavy atom. The second-order valence-corrected chi connectivity index (χ2v) is 7.24. The number of hydrogen-bond acceptors (Lipinski definition) is 3. The van der Waals surface area contributed by atoms with Crippen molar-refractivity contribution in [1.82, 2.24) is 0 Å². The van der Waals surface area contributed by atoms with E-state index in [9.17, 15) is 13.2 Å². The minimum Gasteiger partial charge on any atom is -0.490 e. The molecule has 0 aliphatic heterocycles. The van der Waals surface area contributed by atoms with Crippen LogP contribution in [0.5, 0.6) is 11.5 Å². The largest absolute Gasteiger partial charge is 0.490 e. The molecular weight excluding hydrogens is 361 g/mol. The molecule has 0 bridgehead atoms. The molecule has 1 aromatic heterocycles. The van der Waals surface area contributed by atoms with Crippen molar-refractivity contribution in [3.8, 4) is 11.5 Å². The zero-order chi connectivity index (χ0) is 18.7. The van der Waals surface area contributed by atoms with Gasteiger partial charge in [0.25, 0.3) is 0 Å². The van der Waals surface area contributed by atoms with Gasteiger partial charge in [-0.1, -0.05) is 26.7 Å². The number of unbranched alkanes of at least 4 members (excludes halogenated alkanes) is 2. The highest BCUT2D eigenvalue weighted by Crippen LogP contribution is 2.41. The van der Waals surface area contributed by atoms with Crippen molar-refractivity contribution in [1.29, 1.82) is 0 Å². The maximum atomic E-state index is 14.6. The molecule has 0 spiro atoms. The topological polar surface area (TPSA) is 18.5 Å². The summed E-state index contributed by atoms with van der Waals surface area (Å²) in [6.07, 6.45) is 3.60. The summed E-state index contributed by atoms with van der Waals surface area (Å²) in [4.78, 5) is 0. The highest BCUT2D eigenvalue weighted by atomic mass is 32.1. The lowest BCUT2D eigenvalue weighted by Crippen LogP contribution is -1.99. The van der Waals surface area contributed by atoms with E-state index in [0.717, 1.165) is 19.3 Å². The first-order chi connectivity index (χ1) is 12.6. The summed E-state index contributed by atoms with van der Waals surface area (Å²) in [6.45, 7) is 4.70. The third-order valence-electron chi connectivity index (χ3n) is 4.13. The van der Waals surface area contributed by atoms with E-state index < -0.39 is 17.5 Å². The molecule has 0 aliphatic carbocycles. The molecule has 0 amide bonds. The maximum absolute atomic E-state index is 14.6. The van der Waals surface area contributed by atoms with Crippen molar-refractivity contribution >= 4 is 31.5 Å². The second-order valence-electron chi connectivity index (χ2n) is 6.16. The minimum atomic E-state index is -1.04. The van der Waals surface area contributed by atoms with E-state index in [-0.39, 0.29) is 16.9 Å². The molecule has 0 atom stereocenters. The van der Waals surface area contributed by atoms with Gasteiger partial charge in [-0.2, -0.15) is 4.39 Å². The molecule has 3 rings (SSSR count).